The number of nitrogens with zero attached hydrogens (tertiary/aromatic N) is 3. The highest BCUT2D eigenvalue weighted by Crippen LogP contribution is 2.16. The fourth-order valence-electron chi connectivity index (χ4n) is 5.16. The molecule has 2 aromatic heterocycles. The lowest BCUT2D eigenvalue weighted by molar-refractivity contribution is -0.150. The van der Waals surface area contributed by atoms with Gasteiger partial charge in [0.05, 0.1) is 19.5 Å². The number of imidazole rings is 1. The normalized spacial score (nSPS) is 12.9. The first-order valence-electron chi connectivity index (χ1n) is 17.0. The Kier molecular flexibility index (Phi) is 18.4. The van der Waals surface area contributed by atoms with Crippen LogP contribution in [0.2, 0.25) is 0 Å². The average Bonchev–Trinajstić information content (AvgIpc) is 3.40. The van der Waals surface area contributed by atoms with Crippen molar-refractivity contribution >= 4 is 29.1 Å². The maximum absolute atomic E-state index is 12.5. The SMILES string of the molecule is CCCCCCCCCCCCCCCCCC(=O)OCC(CCn1cnc2c(=O)[nH]c(N)nc21)COC(=O)[C@@H](N)C(C)C. The van der Waals surface area contributed by atoms with Gasteiger partial charge in [0.15, 0.2) is 11.2 Å². The third-order valence-corrected chi connectivity index (χ3v) is 8.19. The summed E-state index contributed by atoms with van der Waals surface area (Å²) in [5.41, 5.74) is 11.8. The number of nitrogens with two attached hydrogens (primary N) is 2. The molecule has 0 fully saturated rings. The van der Waals surface area contributed by atoms with E-state index < -0.39 is 17.6 Å². The number of aryl methyl sites for hydroxylation is 1. The van der Waals surface area contributed by atoms with Crippen molar-refractivity contribution in [2.75, 3.05) is 18.9 Å². The molecule has 44 heavy (non-hydrogen) atoms. The van der Waals surface area contributed by atoms with E-state index in [0.717, 1.165) is 19.3 Å². The number of esters is 2. The van der Waals surface area contributed by atoms with Crippen LogP contribution in [-0.4, -0.2) is 50.7 Å². The van der Waals surface area contributed by atoms with Crippen molar-refractivity contribution in [3.8, 4) is 0 Å². The Morgan fingerprint density at radius 3 is 2.00 bits per heavy atom. The van der Waals surface area contributed by atoms with Crippen LogP contribution in [0.5, 0.6) is 0 Å². The third-order valence-electron chi connectivity index (χ3n) is 8.19. The van der Waals surface area contributed by atoms with E-state index in [4.69, 9.17) is 20.9 Å². The van der Waals surface area contributed by atoms with Gasteiger partial charge < -0.3 is 25.5 Å². The highest BCUT2D eigenvalue weighted by Gasteiger charge is 2.22. The van der Waals surface area contributed by atoms with Crippen LogP contribution in [0.25, 0.3) is 11.2 Å². The zero-order valence-electron chi connectivity index (χ0n) is 27.5. The lowest BCUT2D eigenvalue weighted by Crippen LogP contribution is -2.38. The van der Waals surface area contributed by atoms with Crippen molar-refractivity contribution in [3.05, 3.63) is 16.7 Å². The number of aromatic amines is 1. The molecule has 250 valence electrons. The topological polar surface area (TPSA) is 168 Å². The van der Waals surface area contributed by atoms with Crippen LogP contribution in [0.1, 0.15) is 130 Å². The monoisotopic (exact) mass is 618 g/mol. The number of nitrogen functional groups attached to an aromatic ring is 1. The highest BCUT2D eigenvalue weighted by atomic mass is 16.5. The van der Waals surface area contributed by atoms with Gasteiger partial charge in [-0.2, -0.15) is 4.98 Å². The van der Waals surface area contributed by atoms with E-state index in [1.807, 2.05) is 13.8 Å². The third kappa shape index (κ3) is 14.7. The summed E-state index contributed by atoms with van der Waals surface area (Å²) in [6.07, 6.45) is 21.5. The van der Waals surface area contributed by atoms with Crippen LogP contribution >= 0.6 is 0 Å². The standard InChI is InChI=1S/C33H58N6O5/c1-4-5-6-7-8-9-10-11-12-13-14-15-16-17-18-19-27(40)43-22-26(23-44-32(42)28(34)25(2)3)20-21-39-24-36-29-30(39)37-33(35)38-31(29)41/h24-26,28H,4-23,34H2,1-3H3,(H3,35,37,38,41)/t26?,28-/m0/s1. The van der Waals surface area contributed by atoms with Gasteiger partial charge in [0.1, 0.15) is 6.04 Å². The number of hydrogen-bond donors (Lipinski definition) is 3. The van der Waals surface area contributed by atoms with Crippen LogP contribution in [0.3, 0.4) is 0 Å². The molecule has 0 bridgehead atoms. The summed E-state index contributed by atoms with van der Waals surface area (Å²) in [7, 11) is 0. The number of carbonyl (C=O) groups is 2. The van der Waals surface area contributed by atoms with Gasteiger partial charge in [0.2, 0.25) is 5.95 Å². The summed E-state index contributed by atoms with van der Waals surface area (Å²) in [6, 6.07) is -0.722. The Hall–Kier alpha value is -2.95. The molecule has 0 saturated heterocycles. The predicted octanol–water partition coefficient (Wildman–Crippen LogP) is 6.04. The molecule has 0 amide bonds. The summed E-state index contributed by atoms with van der Waals surface area (Å²) in [5.74, 6) is -1.04. The summed E-state index contributed by atoms with van der Waals surface area (Å²) < 4.78 is 12.8. The number of H-pyrrole nitrogens is 1. The molecule has 0 saturated carbocycles. The van der Waals surface area contributed by atoms with Gasteiger partial charge in [-0.05, 0) is 18.8 Å². The van der Waals surface area contributed by atoms with Gasteiger partial charge in [-0.3, -0.25) is 19.4 Å². The van der Waals surface area contributed by atoms with E-state index >= 15 is 0 Å². The van der Waals surface area contributed by atoms with Crippen molar-refractivity contribution in [1.29, 1.82) is 0 Å². The van der Waals surface area contributed by atoms with Gasteiger partial charge in [-0.1, -0.05) is 111 Å². The van der Waals surface area contributed by atoms with E-state index in [0.29, 0.717) is 25.0 Å². The van der Waals surface area contributed by atoms with Gasteiger partial charge >= 0.3 is 11.9 Å². The molecule has 0 aliphatic carbocycles. The lowest BCUT2D eigenvalue weighted by atomic mass is 10.0. The number of aromatic nitrogens is 4. The van der Waals surface area contributed by atoms with E-state index in [2.05, 4.69) is 21.9 Å². The van der Waals surface area contributed by atoms with Gasteiger partial charge in [-0.15, -0.1) is 0 Å². The maximum atomic E-state index is 12.5. The zero-order valence-corrected chi connectivity index (χ0v) is 27.5. The lowest BCUT2D eigenvalue weighted by Gasteiger charge is -2.20. The van der Waals surface area contributed by atoms with E-state index in [1.54, 1.807) is 4.57 Å². The Morgan fingerprint density at radius 1 is 0.886 bits per heavy atom. The van der Waals surface area contributed by atoms with E-state index in [9.17, 15) is 14.4 Å². The summed E-state index contributed by atoms with van der Waals surface area (Å²) >= 11 is 0. The van der Waals surface area contributed by atoms with E-state index in [-0.39, 0.29) is 42.5 Å². The first kappa shape index (κ1) is 37.2. The molecular weight excluding hydrogens is 560 g/mol. The molecule has 1 unspecified atom stereocenters. The van der Waals surface area contributed by atoms with Crippen molar-refractivity contribution in [3.63, 3.8) is 0 Å². The van der Waals surface area contributed by atoms with Crippen LogP contribution in [0.15, 0.2) is 11.1 Å². The number of unbranched alkanes of at least 4 members (excludes halogenated alkanes) is 14. The van der Waals surface area contributed by atoms with Gasteiger partial charge in [0.25, 0.3) is 5.56 Å². The number of hydrogen-bond acceptors (Lipinski definition) is 9. The highest BCUT2D eigenvalue weighted by molar-refractivity contribution is 5.75. The Labute approximate surface area is 263 Å². The van der Waals surface area contributed by atoms with Crippen LogP contribution in [0.4, 0.5) is 5.95 Å². The van der Waals surface area contributed by atoms with E-state index in [1.165, 1.54) is 83.4 Å². The number of ether oxygens (including phenoxy) is 2. The van der Waals surface area contributed by atoms with Crippen molar-refractivity contribution in [2.24, 2.45) is 17.6 Å². The Balaban J connectivity index is 1.67. The first-order valence-corrected chi connectivity index (χ1v) is 17.0. The average molecular weight is 619 g/mol. The molecule has 2 atom stereocenters. The molecule has 0 radical (unpaired) electrons. The first-order chi connectivity index (χ1) is 21.2. The second-order valence-corrected chi connectivity index (χ2v) is 12.5. The smallest absolute Gasteiger partial charge is 0.323 e. The number of rotatable bonds is 25. The quantitative estimate of drug-likeness (QED) is 0.0887. The number of anilines is 1. The number of fused-ring (bicyclic) bond motifs is 1. The minimum atomic E-state index is -0.722. The largest absolute Gasteiger partial charge is 0.465 e. The fraction of sp³-hybridized carbons (Fsp3) is 0.788. The van der Waals surface area contributed by atoms with Crippen molar-refractivity contribution < 1.29 is 19.1 Å². The number of nitrogens with one attached hydrogen (secondary N) is 1. The molecule has 0 spiro atoms. The van der Waals surface area contributed by atoms with Gasteiger partial charge in [0, 0.05) is 18.9 Å². The minimum Gasteiger partial charge on any atom is -0.465 e. The van der Waals surface area contributed by atoms with Crippen molar-refractivity contribution in [1.82, 2.24) is 19.5 Å². The Bertz CT molecular complexity index is 1150. The van der Waals surface area contributed by atoms with Gasteiger partial charge in [-0.25, -0.2) is 4.98 Å². The second kappa shape index (κ2) is 21.7. The molecule has 11 nitrogen and oxygen atoms in total. The molecule has 0 aliphatic heterocycles. The van der Waals surface area contributed by atoms with Crippen LogP contribution in [-0.2, 0) is 25.6 Å². The molecular formula is C33H58N6O5. The number of carbonyl (C=O) groups excluding carboxylic acids is 2. The molecule has 5 N–H and O–H groups in total. The molecule has 11 heteroatoms. The summed E-state index contributed by atoms with van der Waals surface area (Å²) in [5, 5.41) is 0. The van der Waals surface area contributed by atoms with Crippen molar-refractivity contribution in [2.45, 2.75) is 143 Å². The van der Waals surface area contributed by atoms with Crippen LogP contribution in [0, 0.1) is 11.8 Å². The summed E-state index contributed by atoms with van der Waals surface area (Å²) in [6.45, 7) is 6.57. The molecule has 0 aromatic carbocycles. The zero-order chi connectivity index (χ0) is 32.2. The van der Waals surface area contributed by atoms with Crippen LogP contribution < -0.4 is 17.0 Å². The second-order valence-electron chi connectivity index (χ2n) is 12.5. The Morgan fingerprint density at radius 2 is 1.43 bits per heavy atom. The molecule has 2 heterocycles. The maximum Gasteiger partial charge on any atom is 0.323 e. The minimum absolute atomic E-state index is 0.00476. The summed E-state index contributed by atoms with van der Waals surface area (Å²) in [4.78, 5) is 47.7. The molecule has 2 aromatic rings. The predicted molar refractivity (Wildman–Crippen MR) is 175 cm³/mol. The fourth-order valence-corrected chi connectivity index (χ4v) is 5.16. The molecule has 0 aliphatic rings. The molecule has 2 rings (SSSR count).